The van der Waals surface area contributed by atoms with Gasteiger partial charge in [-0.25, -0.2) is 9.37 Å². The van der Waals surface area contributed by atoms with Gasteiger partial charge in [0.15, 0.2) is 5.82 Å². The number of halogens is 3. The molecule has 4 heterocycles. The number of likely N-dealkylation sites (tertiary alicyclic amines) is 1. The maximum absolute atomic E-state index is 15.7. The van der Waals surface area contributed by atoms with E-state index in [1.165, 1.54) is 6.07 Å². The number of amides is 1. The second kappa shape index (κ2) is 11.0. The zero-order chi connectivity index (χ0) is 29.2. The van der Waals surface area contributed by atoms with E-state index in [1.807, 2.05) is 16.5 Å². The van der Waals surface area contributed by atoms with Crippen molar-refractivity contribution in [3.05, 3.63) is 47.8 Å². The second-order valence-electron chi connectivity index (χ2n) is 12.3. The summed E-state index contributed by atoms with van der Waals surface area (Å²) in [6.45, 7) is 8.76. The van der Waals surface area contributed by atoms with Gasteiger partial charge in [0.05, 0.1) is 32.5 Å². The molecule has 2 aliphatic rings. The first kappa shape index (κ1) is 29.2. The predicted molar refractivity (Wildman–Crippen MR) is 180 cm³/mol. The lowest BCUT2D eigenvalue weighted by molar-refractivity contribution is 0.0781. The highest BCUT2D eigenvalue weighted by Crippen LogP contribution is 2.43. The Morgan fingerprint density at radius 3 is 2.66 bits per heavy atom. The number of aromatic nitrogens is 3. The lowest BCUT2D eigenvalue weighted by Crippen LogP contribution is -2.42. The zero-order valence-corrected chi connectivity index (χ0v) is 28.2. The molecule has 2 aliphatic heterocycles. The standard InChI is InChI=1S/C31H36FI2N5O2/c1-5-21-15-37(16-31(2,3)17-40)24-8-6-7-19-12-25(39(21)27(19)24)29-35-23-11-20(10-22(32)28(23)36(29)4)30(41)38-14-18(13-33)9-26(38)34/h6-8,10-12,18,21,26,40H,5,9,13-17H2,1-4H3/t18-,21?,26+/m1/s1. The first-order chi connectivity index (χ1) is 19.6. The van der Waals surface area contributed by atoms with Crippen LogP contribution in [0.1, 0.15) is 50.0 Å². The Kier molecular flexibility index (Phi) is 7.80. The third kappa shape index (κ3) is 4.95. The van der Waals surface area contributed by atoms with Gasteiger partial charge >= 0.3 is 0 Å². The van der Waals surface area contributed by atoms with E-state index in [-0.39, 0.29) is 28.0 Å². The van der Waals surface area contributed by atoms with Crippen LogP contribution in [-0.4, -0.2) is 64.7 Å². The van der Waals surface area contributed by atoms with Gasteiger partial charge < -0.3 is 24.0 Å². The molecular formula is C31H36FI2N5O2. The third-order valence-corrected chi connectivity index (χ3v) is 11.1. The fourth-order valence-electron chi connectivity index (χ4n) is 6.54. The third-order valence-electron chi connectivity index (χ3n) is 8.69. The van der Waals surface area contributed by atoms with Crippen LogP contribution < -0.4 is 4.90 Å². The number of nitrogens with zero attached hydrogens (tertiary/aromatic N) is 5. The minimum absolute atomic E-state index is 0.113. The molecule has 0 aliphatic carbocycles. The largest absolute Gasteiger partial charge is 0.396 e. The van der Waals surface area contributed by atoms with Crippen molar-refractivity contribution in [2.75, 3.05) is 35.6 Å². The van der Waals surface area contributed by atoms with Crippen LogP contribution in [-0.2, 0) is 7.05 Å². The molecule has 41 heavy (non-hydrogen) atoms. The van der Waals surface area contributed by atoms with Gasteiger partial charge in [-0.2, -0.15) is 0 Å². The molecule has 2 aromatic carbocycles. The van der Waals surface area contributed by atoms with E-state index in [0.29, 0.717) is 34.9 Å². The number of carbonyl (C=O) groups is 1. The van der Waals surface area contributed by atoms with E-state index in [9.17, 15) is 9.90 Å². The maximum Gasteiger partial charge on any atom is 0.254 e. The van der Waals surface area contributed by atoms with Gasteiger partial charge in [0, 0.05) is 54.1 Å². The van der Waals surface area contributed by atoms with E-state index in [4.69, 9.17) is 4.98 Å². The van der Waals surface area contributed by atoms with Gasteiger partial charge in [0.1, 0.15) is 11.3 Å². The molecule has 1 saturated heterocycles. The topological polar surface area (TPSA) is 66.5 Å². The summed E-state index contributed by atoms with van der Waals surface area (Å²) in [6.07, 6.45) is 1.89. The summed E-state index contributed by atoms with van der Waals surface area (Å²) in [5, 5.41) is 11.1. The molecule has 0 radical (unpaired) electrons. The Balaban J connectivity index is 1.46. The molecule has 0 spiro atoms. The number of aliphatic hydroxyl groups is 1. The normalized spacial score (nSPS) is 21.0. The molecule has 2 aromatic heterocycles. The Hall–Kier alpha value is -1.93. The Morgan fingerprint density at radius 2 is 1.98 bits per heavy atom. The van der Waals surface area contributed by atoms with Crippen LogP contribution >= 0.6 is 45.2 Å². The summed E-state index contributed by atoms with van der Waals surface area (Å²) >= 11 is 4.70. The molecule has 1 N–H and O–H groups in total. The summed E-state index contributed by atoms with van der Waals surface area (Å²) in [4.78, 5) is 22.7. The van der Waals surface area contributed by atoms with Crippen LogP contribution in [0.15, 0.2) is 36.4 Å². The van der Waals surface area contributed by atoms with Crippen molar-refractivity contribution in [3.63, 3.8) is 0 Å². The lowest BCUT2D eigenvalue weighted by Gasteiger charge is -2.40. The number of alkyl halides is 2. The molecule has 1 unspecified atom stereocenters. The zero-order valence-electron chi connectivity index (χ0n) is 23.9. The van der Waals surface area contributed by atoms with Gasteiger partial charge in [-0.1, -0.05) is 78.1 Å². The monoisotopic (exact) mass is 783 g/mol. The Bertz CT molecular complexity index is 1650. The summed E-state index contributed by atoms with van der Waals surface area (Å²) < 4.78 is 21.0. The predicted octanol–water partition coefficient (Wildman–Crippen LogP) is 6.78. The molecule has 218 valence electrons. The lowest BCUT2D eigenvalue weighted by atomic mass is 9.93. The number of rotatable bonds is 7. The van der Waals surface area contributed by atoms with Crippen molar-refractivity contribution in [1.29, 1.82) is 0 Å². The number of imidazole rings is 1. The second-order valence-corrected chi connectivity index (χ2v) is 14.7. The van der Waals surface area contributed by atoms with Crippen molar-refractivity contribution >= 4 is 78.7 Å². The molecule has 4 aromatic rings. The molecule has 6 rings (SSSR count). The number of aryl methyl sites for hydroxylation is 1. The van der Waals surface area contributed by atoms with Crippen LogP contribution in [0, 0.1) is 17.2 Å². The first-order valence-electron chi connectivity index (χ1n) is 14.2. The van der Waals surface area contributed by atoms with Gasteiger partial charge in [0.2, 0.25) is 0 Å². The molecule has 0 bridgehead atoms. The number of benzene rings is 2. The van der Waals surface area contributed by atoms with E-state index in [1.54, 1.807) is 6.07 Å². The van der Waals surface area contributed by atoms with Crippen molar-refractivity contribution in [2.45, 2.75) is 43.7 Å². The summed E-state index contributed by atoms with van der Waals surface area (Å²) in [6, 6.07) is 11.8. The first-order valence-corrected chi connectivity index (χ1v) is 17.0. The molecular weight excluding hydrogens is 747 g/mol. The van der Waals surface area contributed by atoms with Crippen LogP contribution in [0.5, 0.6) is 0 Å². The summed E-state index contributed by atoms with van der Waals surface area (Å²) in [5.41, 5.74) is 4.25. The fourth-order valence-corrected chi connectivity index (χ4v) is 8.38. The maximum atomic E-state index is 15.7. The molecule has 1 fully saturated rings. The summed E-state index contributed by atoms with van der Waals surface area (Å²) in [5.74, 6) is 0.599. The van der Waals surface area contributed by atoms with Crippen molar-refractivity contribution in [2.24, 2.45) is 18.4 Å². The van der Waals surface area contributed by atoms with Gasteiger partial charge in [-0.05, 0) is 43.0 Å². The number of anilines is 1. The highest BCUT2D eigenvalue weighted by Gasteiger charge is 2.35. The van der Waals surface area contributed by atoms with Crippen LogP contribution in [0.3, 0.4) is 0 Å². The number of fused-ring (bicyclic) bond motifs is 1. The number of hydrogen-bond acceptors (Lipinski definition) is 4. The van der Waals surface area contributed by atoms with Gasteiger partial charge in [0.25, 0.3) is 5.91 Å². The van der Waals surface area contributed by atoms with E-state index in [0.717, 1.165) is 52.6 Å². The van der Waals surface area contributed by atoms with Gasteiger partial charge in [-0.15, -0.1) is 0 Å². The number of para-hydroxylation sites is 1. The molecule has 0 saturated carbocycles. The van der Waals surface area contributed by atoms with E-state index < -0.39 is 5.82 Å². The Labute approximate surface area is 267 Å². The van der Waals surface area contributed by atoms with Crippen LogP contribution in [0.4, 0.5) is 10.1 Å². The van der Waals surface area contributed by atoms with E-state index in [2.05, 4.69) is 99.7 Å². The molecule has 3 atom stereocenters. The number of carbonyl (C=O) groups excluding carboxylic acids is 1. The molecule has 7 nitrogen and oxygen atoms in total. The van der Waals surface area contributed by atoms with Crippen LogP contribution in [0.2, 0.25) is 0 Å². The van der Waals surface area contributed by atoms with E-state index >= 15 is 4.39 Å². The van der Waals surface area contributed by atoms with Crippen molar-refractivity contribution in [1.82, 2.24) is 19.0 Å². The molecule has 10 heteroatoms. The quantitative estimate of drug-likeness (QED) is 0.128. The van der Waals surface area contributed by atoms with Crippen molar-refractivity contribution in [3.8, 4) is 11.5 Å². The molecule has 1 amide bonds. The Morgan fingerprint density at radius 1 is 1.20 bits per heavy atom. The fraction of sp³-hybridized carbons (Fsp3) is 0.484. The average molecular weight is 783 g/mol. The van der Waals surface area contributed by atoms with Crippen LogP contribution in [0.25, 0.3) is 33.5 Å². The minimum atomic E-state index is -0.429. The van der Waals surface area contributed by atoms with Crippen molar-refractivity contribution < 1.29 is 14.3 Å². The number of aliphatic hydroxyl groups excluding tert-OH is 1. The average Bonchev–Trinajstić information content (AvgIpc) is 3.63. The summed E-state index contributed by atoms with van der Waals surface area (Å²) in [7, 11) is 1.85. The van der Waals surface area contributed by atoms with Gasteiger partial charge in [-0.3, -0.25) is 4.79 Å². The number of hydrogen-bond donors (Lipinski definition) is 1. The highest BCUT2D eigenvalue weighted by atomic mass is 127. The highest BCUT2D eigenvalue weighted by molar-refractivity contribution is 14.1. The SMILES string of the molecule is CCC1CN(CC(C)(C)CO)c2cccc3cc(-c4nc5cc(C(=O)N6C[C@@H](CI)C[C@H]6I)cc(F)c5n4C)n1c23. The minimum Gasteiger partial charge on any atom is -0.396 e. The smallest absolute Gasteiger partial charge is 0.254 e.